The summed E-state index contributed by atoms with van der Waals surface area (Å²) in [7, 11) is -2.03. The van der Waals surface area contributed by atoms with Crippen molar-refractivity contribution in [3.63, 3.8) is 0 Å². The second-order valence-corrected chi connectivity index (χ2v) is 6.50. The van der Waals surface area contributed by atoms with Crippen molar-refractivity contribution in [3.05, 3.63) is 22.8 Å². The molecule has 0 saturated carbocycles. The standard InChI is InChI=1S/C7H7ClN4O2S2/c1-12-7(9-4-10-12)11-16(13,14)6-3-2-5(8)15-6/h2-4H,1H3,(H,9,10,11). The number of halogens is 1. The van der Waals surface area contributed by atoms with Gasteiger partial charge in [0.25, 0.3) is 10.0 Å². The van der Waals surface area contributed by atoms with Crippen LogP contribution >= 0.6 is 22.9 Å². The van der Waals surface area contributed by atoms with Gasteiger partial charge in [0.2, 0.25) is 5.95 Å². The van der Waals surface area contributed by atoms with E-state index < -0.39 is 10.0 Å². The maximum absolute atomic E-state index is 11.8. The van der Waals surface area contributed by atoms with E-state index in [2.05, 4.69) is 14.8 Å². The molecule has 0 fully saturated rings. The van der Waals surface area contributed by atoms with Gasteiger partial charge in [-0.25, -0.2) is 17.8 Å². The van der Waals surface area contributed by atoms with Gasteiger partial charge in [-0.2, -0.15) is 10.1 Å². The molecule has 2 heterocycles. The first-order valence-corrected chi connectivity index (χ1v) is 6.79. The summed E-state index contributed by atoms with van der Waals surface area (Å²) in [5.41, 5.74) is 0. The van der Waals surface area contributed by atoms with Gasteiger partial charge >= 0.3 is 0 Å². The molecule has 0 radical (unpaired) electrons. The van der Waals surface area contributed by atoms with Crippen LogP contribution in [-0.4, -0.2) is 23.2 Å². The molecule has 0 amide bonds. The summed E-state index contributed by atoms with van der Waals surface area (Å²) in [5.74, 6) is 0.157. The van der Waals surface area contributed by atoms with E-state index in [4.69, 9.17) is 11.6 Å². The van der Waals surface area contributed by atoms with Crippen LogP contribution in [0.4, 0.5) is 5.95 Å². The number of anilines is 1. The Morgan fingerprint density at radius 2 is 2.25 bits per heavy atom. The number of rotatable bonds is 3. The molecule has 0 aliphatic rings. The maximum Gasteiger partial charge on any atom is 0.273 e. The first kappa shape index (κ1) is 11.4. The Kier molecular flexibility index (Phi) is 2.87. The number of aromatic nitrogens is 3. The fourth-order valence-corrected chi connectivity index (χ4v) is 3.52. The molecule has 86 valence electrons. The van der Waals surface area contributed by atoms with Gasteiger partial charge in [0.1, 0.15) is 10.5 Å². The number of aryl methyl sites for hydroxylation is 1. The zero-order chi connectivity index (χ0) is 11.8. The molecular formula is C7H7ClN4O2S2. The quantitative estimate of drug-likeness (QED) is 0.919. The summed E-state index contributed by atoms with van der Waals surface area (Å²) in [6.45, 7) is 0. The normalized spacial score (nSPS) is 11.6. The highest BCUT2D eigenvalue weighted by Crippen LogP contribution is 2.26. The summed E-state index contributed by atoms with van der Waals surface area (Å²) < 4.78 is 27.8. The highest BCUT2D eigenvalue weighted by molar-refractivity contribution is 7.94. The van der Waals surface area contributed by atoms with Crippen molar-refractivity contribution in [2.75, 3.05) is 4.72 Å². The lowest BCUT2D eigenvalue weighted by atomic mass is 10.7. The zero-order valence-corrected chi connectivity index (χ0v) is 10.5. The number of hydrogen-bond donors (Lipinski definition) is 1. The van der Waals surface area contributed by atoms with Gasteiger partial charge in [0, 0.05) is 7.05 Å². The molecule has 2 aromatic rings. The third-order valence-corrected chi connectivity index (χ3v) is 4.80. The van der Waals surface area contributed by atoms with E-state index in [1.165, 1.54) is 23.1 Å². The van der Waals surface area contributed by atoms with Gasteiger partial charge in [-0.3, -0.25) is 0 Å². The lowest BCUT2D eigenvalue weighted by molar-refractivity contribution is 0.602. The molecule has 0 unspecified atom stereocenters. The predicted octanol–water partition coefficient (Wildman–Crippen LogP) is 1.33. The van der Waals surface area contributed by atoms with Crippen LogP contribution in [0.5, 0.6) is 0 Å². The zero-order valence-electron chi connectivity index (χ0n) is 8.08. The Bertz CT molecular complexity index is 603. The van der Waals surface area contributed by atoms with Gasteiger partial charge in [-0.15, -0.1) is 11.3 Å². The topological polar surface area (TPSA) is 76.9 Å². The molecule has 1 N–H and O–H groups in total. The van der Waals surface area contributed by atoms with Crippen LogP contribution in [0.1, 0.15) is 0 Å². The van der Waals surface area contributed by atoms with Crippen LogP contribution in [0.25, 0.3) is 0 Å². The SMILES string of the molecule is Cn1ncnc1NS(=O)(=O)c1ccc(Cl)s1. The molecule has 2 aromatic heterocycles. The van der Waals surface area contributed by atoms with Crippen LogP contribution in [0.2, 0.25) is 4.34 Å². The van der Waals surface area contributed by atoms with Crippen molar-refractivity contribution >= 4 is 38.9 Å². The Hall–Kier alpha value is -1.12. The average Bonchev–Trinajstić information content (AvgIpc) is 2.77. The molecule has 0 aliphatic carbocycles. The largest absolute Gasteiger partial charge is 0.273 e. The average molecular weight is 279 g/mol. The van der Waals surface area contributed by atoms with E-state index in [0.717, 1.165) is 11.3 Å². The lowest BCUT2D eigenvalue weighted by Crippen LogP contribution is -2.14. The van der Waals surface area contributed by atoms with Crippen LogP contribution in [0.15, 0.2) is 22.7 Å². The Morgan fingerprint density at radius 1 is 1.50 bits per heavy atom. The van der Waals surface area contributed by atoms with E-state index in [9.17, 15) is 8.42 Å². The molecule has 0 saturated heterocycles. The van der Waals surface area contributed by atoms with Crippen molar-refractivity contribution < 1.29 is 8.42 Å². The predicted molar refractivity (Wildman–Crippen MR) is 61.1 cm³/mol. The third-order valence-electron chi connectivity index (χ3n) is 1.75. The first-order valence-electron chi connectivity index (χ1n) is 4.11. The van der Waals surface area contributed by atoms with Gasteiger partial charge in [-0.05, 0) is 12.1 Å². The van der Waals surface area contributed by atoms with E-state index in [1.54, 1.807) is 7.05 Å². The molecule has 6 nitrogen and oxygen atoms in total. The number of hydrogen-bond acceptors (Lipinski definition) is 5. The number of nitrogens with one attached hydrogen (secondary N) is 1. The molecule has 0 atom stereocenters. The minimum absolute atomic E-state index is 0.139. The molecule has 0 aromatic carbocycles. The summed E-state index contributed by atoms with van der Waals surface area (Å²) in [6.07, 6.45) is 1.26. The second-order valence-electron chi connectivity index (χ2n) is 2.87. The van der Waals surface area contributed by atoms with Gasteiger partial charge < -0.3 is 0 Å². The first-order chi connectivity index (χ1) is 7.49. The summed E-state index contributed by atoms with van der Waals surface area (Å²) in [4.78, 5) is 3.77. The molecule has 9 heteroatoms. The van der Waals surface area contributed by atoms with Gasteiger partial charge in [0.15, 0.2) is 0 Å². The Balaban J connectivity index is 2.31. The fourth-order valence-electron chi connectivity index (χ4n) is 1.00. The van der Waals surface area contributed by atoms with Crippen molar-refractivity contribution in [1.82, 2.24) is 14.8 Å². The fraction of sp³-hybridized carbons (Fsp3) is 0.143. The van der Waals surface area contributed by atoms with Crippen LogP contribution in [-0.2, 0) is 17.1 Å². The monoisotopic (exact) mass is 278 g/mol. The van der Waals surface area contributed by atoms with Crippen LogP contribution < -0.4 is 4.72 Å². The Morgan fingerprint density at radius 3 is 2.75 bits per heavy atom. The molecule has 0 bridgehead atoms. The molecule has 0 spiro atoms. The van der Waals surface area contributed by atoms with Gasteiger partial charge in [-0.1, -0.05) is 11.6 Å². The molecular weight excluding hydrogens is 272 g/mol. The highest BCUT2D eigenvalue weighted by Gasteiger charge is 2.18. The van der Waals surface area contributed by atoms with Gasteiger partial charge in [0.05, 0.1) is 4.34 Å². The summed E-state index contributed by atoms with van der Waals surface area (Å²) in [5, 5.41) is 3.76. The summed E-state index contributed by atoms with van der Waals surface area (Å²) in [6, 6.07) is 2.96. The van der Waals surface area contributed by atoms with E-state index in [1.807, 2.05) is 0 Å². The minimum atomic E-state index is -3.62. The number of thiophene rings is 1. The van der Waals surface area contributed by atoms with E-state index in [-0.39, 0.29) is 10.2 Å². The summed E-state index contributed by atoms with van der Waals surface area (Å²) >= 11 is 6.65. The third kappa shape index (κ3) is 2.18. The van der Waals surface area contributed by atoms with Crippen LogP contribution in [0, 0.1) is 0 Å². The van der Waals surface area contributed by atoms with Crippen molar-refractivity contribution in [1.29, 1.82) is 0 Å². The molecule has 0 aliphatic heterocycles. The van der Waals surface area contributed by atoms with Crippen molar-refractivity contribution in [3.8, 4) is 0 Å². The second kappa shape index (κ2) is 4.04. The van der Waals surface area contributed by atoms with Crippen molar-refractivity contribution in [2.45, 2.75) is 4.21 Å². The number of sulfonamides is 1. The number of nitrogens with zero attached hydrogens (tertiary/aromatic N) is 3. The molecule has 16 heavy (non-hydrogen) atoms. The van der Waals surface area contributed by atoms with E-state index in [0.29, 0.717) is 4.34 Å². The van der Waals surface area contributed by atoms with Crippen LogP contribution in [0.3, 0.4) is 0 Å². The Labute approximate surface area is 101 Å². The highest BCUT2D eigenvalue weighted by atomic mass is 35.5. The van der Waals surface area contributed by atoms with Crippen molar-refractivity contribution in [2.24, 2.45) is 7.05 Å². The smallest absolute Gasteiger partial charge is 0.247 e. The lowest BCUT2D eigenvalue weighted by Gasteiger charge is -2.03. The molecule has 2 rings (SSSR count). The minimum Gasteiger partial charge on any atom is -0.247 e. The maximum atomic E-state index is 11.8. The van der Waals surface area contributed by atoms with E-state index >= 15 is 0 Å².